The Kier molecular flexibility index (Phi) is 8.64. The monoisotopic (exact) mass is 466 g/mol. The summed E-state index contributed by atoms with van der Waals surface area (Å²) in [6, 6.07) is 0. The van der Waals surface area contributed by atoms with Crippen molar-refractivity contribution in [3.05, 3.63) is 0 Å². The topological polar surface area (TPSA) is 0 Å². The van der Waals surface area contributed by atoms with Crippen LogP contribution in [0.2, 0.25) is 39.3 Å². The minimum absolute atomic E-state index is 0.546. The molecule has 6 heteroatoms. The molecule has 0 bridgehead atoms. The minimum atomic E-state index is -1.21. The van der Waals surface area contributed by atoms with E-state index in [0.29, 0.717) is 7.40 Å². The van der Waals surface area contributed by atoms with Crippen molar-refractivity contribution in [3.63, 3.8) is 0 Å². The molecule has 0 spiro atoms. The zero-order valence-electron chi connectivity index (χ0n) is 18.4. The van der Waals surface area contributed by atoms with Crippen molar-refractivity contribution in [2.24, 2.45) is 11.8 Å². The second-order valence-corrected chi connectivity index (χ2v) is 28.2. The molecule has 0 aliphatic carbocycles. The predicted molar refractivity (Wildman–Crippen MR) is 139 cm³/mol. The van der Waals surface area contributed by atoms with E-state index in [1.54, 1.807) is 0 Å². The number of rotatable bonds is 7. The average Bonchev–Trinajstić information content (AvgIpc) is 2.58. The van der Waals surface area contributed by atoms with Gasteiger partial charge in [-0.3, -0.25) is 0 Å². The van der Waals surface area contributed by atoms with Gasteiger partial charge in [-0.05, 0) is 60.5 Å². The van der Waals surface area contributed by atoms with Crippen LogP contribution in [0.3, 0.4) is 0 Å². The van der Waals surface area contributed by atoms with Crippen LogP contribution in [0.15, 0.2) is 0 Å². The van der Waals surface area contributed by atoms with Crippen molar-refractivity contribution in [2.45, 2.75) is 86.2 Å². The fourth-order valence-electron chi connectivity index (χ4n) is 4.89. The Morgan fingerprint density at radius 1 is 0.615 bits per heavy atom. The van der Waals surface area contributed by atoms with Crippen LogP contribution < -0.4 is 0 Å². The molecule has 0 radical (unpaired) electrons. The van der Waals surface area contributed by atoms with Gasteiger partial charge in [0.15, 0.2) is 0 Å². The molecule has 0 aromatic heterocycles. The molecular weight excluding hydrogens is 425 g/mol. The van der Waals surface area contributed by atoms with Gasteiger partial charge in [0.05, 0.1) is 23.6 Å². The third-order valence-electron chi connectivity index (χ3n) is 6.26. The van der Waals surface area contributed by atoms with E-state index in [9.17, 15) is 0 Å². The van der Waals surface area contributed by atoms with Crippen LogP contribution in [-0.4, -0.2) is 46.6 Å². The predicted octanol–water partition coefficient (Wildman–Crippen LogP) is 7.93. The Balaban J connectivity index is 2.10. The third kappa shape index (κ3) is 4.93. The van der Waals surface area contributed by atoms with Crippen molar-refractivity contribution in [3.8, 4) is 0 Å². The van der Waals surface area contributed by atoms with Crippen molar-refractivity contribution < 1.29 is 0 Å². The second-order valence-electron chi connectivity index (χ2n) is 10.3. The van der Waals surface area contributed by atoms with Crippen LogP contribution in [0.25, 0.3) is 0 Å². The van der Waals surface area contributed by atoms with Crippen molar-refractivity contribution >= 4 is 63.2 Å². The maximum atomic E-state index is 2.62. The van der Waals surface area contributed by atoms with E-state index in [1.165, 1.54) is 48.7 Å². The van der Waals surface area contributed by atoms with Gasteiger partial charge >= 0.3 is 0 Å². The summed E-state index contributed by atoms with van der Waals surface area (Å²) >= 11 is 9.36. The van der Waals surface area contributed by atoms with Crippen LogP contribution in [0.1, 0.15) is 39.5 Å². The molecule has 2 heterocycles. The number of hydrogen-bond donors (Lipinski definition) is 0. The molecule has 2 rings (SSSR count). The molecule has 0 N–H and O–H groups in total. The summed E-state index contributed by atoms with van der Waals surface area (Å²) in [7, 11) is -2.42. The molecule has 2 atom stereocenters. The molecule has 0 aromatic carbocycles. The van der Waals surface area contributed by atoms with Gasteiger partial charge in [0, 0.05) is 0 Å². The van der Waals surface area contributed by atoms with E-state index in [2.05, 4.69) is 100 Å². The average molecular weight is 467 g/mol. The molecule has 0 saturated carbocycles. The van der Waals surface area contributed by atoms with Crippen LogP contribution in [-0.2, 0) is 0 Å². The summed E-state index contributed by atoms with van der Waals surface area (Å²) in [5.74, 6) is 7.26. The maximum absolute atomic E-state index is 2.62. The van der Waals surface area contributed by atoms with E-state index in [1.807, 2.05) is 0 Å². The molecule has 2 unspecified atom stereocenters. The first-order valence-corrected chi connectivity index (χ1v) is 21.5. The highest BCUT2D eigenvalue weighted by molar-refractivity contribution is 8.21. The van der Waals surface area contributed by atoms with Crippen LogP contribution in [0, 0.1) is 11.8 Å². The normalized spacial score (nSPS) is 26.3. The largest absolute Gasteiger partial charge is 0.147 e. The van der Waals surface area contributed by atoms with E-state index < -0.39 is 16.1 Å². The van der Waals surface area contributed by atoms with Crippen molar-refractivity contribution in [1.82, 2.24) is 0 Å². The number of thioether (sulfide) groups is 4. The van der Waals surface area contributed by atoms with Crippen LogP contribution >= 0.6 is 47.0 Å². The molecule has 0 nitrogen and oxygen atoms in total. The first kappa shape index (κ1) is 24.1. The molecule has 0 aromatic rings. The lowest BCUT2D eigenvalue weighted by Gasteiger charge is -2.51. The van der Waals surface area contributed by atoms with Gasteiger partial charge in [0.1, 0.15) is 0 Å². The number of hydrogen-bond acceptors (Lipinski definition) is 4. The maximum Gasteiger partial charge on any atom is 0.0755 e. The highest BCUT2D eigenvalue weighted by Gasteiger charge is 2.51. The minimum Gasteiger partial charge on any atom is -0.147 e. The Hall–Kier alpha value is 1.83. The van der Waals surface area contributed by atoms with E-state index in [4.69, 9.17) is 0 Å². The summed E-state index contributed by atoms with van der Waals surface area (Å²) in [5, 5.41) is 0. The molecule has 26 heavy (non-hydrogen) atoms. The van der Waals surface area contributed by atoms with E-state index >= 15 is 0 Å². The Bertz CT molecular complexity index is 402. The molecule has 2 aliphatic heterocycles. The summed E-state index contributed by atoms with van der Waals surface area (Å²) in [6.45, 7) is 20.9. The van der Waals surface area contributed by atoms with E-state index in [0.717, 1.165) is 11.8 Å². The van der Waals surface area contributed by atoms with Gasteiger partial charge < -0.3 is 0 Å². The zero-order valence-corrected chi connectivity index (χ0v) is 23.7. The Labute approximate surface area is 183 Å². The summed E-state index contributed by atoms with van der Waals surface area (Å²) < 4.78 is 1.09. The van der Waals surface area contributed by atoms with Gasteiger partial charge in [0.25, 0.3) is 0 Å². The molecule has 0 amide bonds. The van der Waals surface area contributed by atoms with Gasteiger partial charge in [0.2, 0.25) is 0 Å². The van der Waals surface area contributed by atoms with Gasteiger partial charge in [-0.1, -0.05) is 53.1 Å². The molecule has 154 valence electrons. The Morgan fingerprint density at radius 2 is 0.885 bits per heavy atom. The summed E-state index contributed by atoms with van der Waals surface area (Å²) in [5.41, 5.74) is 0. The quantitative estimate of drug-likeness (QED) is 0.349. The zero-order chi connectivity index (χ0) is 19.6. The van der Waals surface area contributed by atoms with Crippen LogP contribution in [0.4, 0.5) is 0 Å². The lowest BCUT2D eigenvalue weighted by molar-refractivity contribution is 0.437. The Morgan fingerprint density at radius 3 is 1.12 bits per heavy atom. The summed E-state index contributed by atoms with van der Waals surface area (Å²) in [6.07, 6.45) is 5.69. The molecular formula is C20H42S4Si2. The van der Waals surface area contributed by atoms with Gasteiger partial charge in [-0.15, -0.1) is 47.0 Å². The smallest absolute Gasteiger partial charge is 0.0755 e. The first-order valence-electron chi connectivity index (χ1n) is 10.5. The lowest BCUT2D eigenvalue weighted by atomic mass is 10.00. The standard InChI is InChI=1S/C20H42S4Si2/c1-17(19(25(3,4)5)21-13-9-14-22-19)11-12-18(2)20(26(6,7)8)23-15-10-16-24-20/h17-18H,9-16H2,1-8H3. The van der Waals surface area contributed by atoms with E-state index in [-0.39, 0.29) is 0 Å². The summed E-state index contributed by atoms with van der Waals surface area (Å²) in [4.78, 5) is 0. The molecule has 2 saturated heterocycles. The fourth-order valence-corrected chi connectivity index (χ4v) is 22.3. The molecule has 2 fully saturated rings. The lowest BCUT2D eigenvalue weighted by Crippen LogP contribution is -2.54. The first-order chi connectivity index (χ1) is 12.0. The highest BCUT2D eigenvalue weighted by Crippen LogP contribution is 2.57. The van der Waals surface area contributed by atoms with Crippen molar-refractivity contribution in [1.29, 1.82) is 0 Å². The highest BCUT2D eigenvalue weighted by atomic mass is 32.2. The SMILES string of the molecule is CC(CCC(C)C1([Si](C)(C)C)SCCCS1)C1([Si](C)(C)C)SCCCS1. The third-order valence-corrected chi connectivity index (χ3v) is 27.2. The van der Waals surface area contributed by atoms with Gasteiger partial charge in [-0.25, -0.2) is 0 Å². The second kappa shape index (κ2) is 9.32. The van der Waals surface area contributed by atoms with Crippen molar-refractivity contribution in [2.75, 3.05) is 23.0 Å². The van der Waals surface area contributed by atoms with Gasteiger partial charge in [-0.2, -0.15) is 0 Å². The molecule has 2 aliphatic rings. The fraction of sp³-hybridized carbons (Fsp3) is 1.00. The van der Waals surface area contributed by atoms with Crippen LogP contribution in [0.5, 0.6) is 0 Å².